The van der Waals surface area contributed by atoms with E-state index in [9.17, 15) is 4.79 Å². The monoisotopic (exact) mass is 560 g/mol. The molecule has 41 heavy (non-hydrogen) atoms. The molecule has 3 aliphatic heterocycles. The number of likely N-dealkylation sites (tertiary alicyclic amines) is 2. The Morgan fingerprint density at radius 3 is 2.56 bits per heavy atom. The van der Waals surface area contributed by atoms with Crippen molar-refractivity contribution in [2.75, 3.05) is 63.9 Å². The fourth-order valence-corrected chi connectivity index (χ4v) is 6.83. The lowest BCUT2D eigenvalue weighted by Crippen LogP contribution is -2.56. The molecule has 6 rings (SSSR count). The number of anilines is 1. The van der Waals surface area contributed by atoms with Crippen LogP contribution in [-0.4, -0.2) is 105 Å². The van der Waals surface area contributed by atoms with Gasteiger partial charge in [0.2, 0.25) is 0 Å². The molecular formula is C31H44N8O2. The zero-order valence-corrected chi connectivity index (χ0v) is 24.8. The number of hydrogen-bond acceptors (Lipinski definition) is 7. The van der Waals surface area contributed by atoms with Gasteiger partial charge in [-0.05, 0) is 62.3 Å². The molecule has 0 N–H and O–H groups in total. The van der Waals surface area contributed by atoms with Gasteiger partial charge in [-0.3, -0.25) is 4.90 Å². The molecule has 3 saturated heterocycles. The first-order chi connectivity index (χ1) is 19.9. The number of fused-ring (bicyclic) bond motifs is 1. The molecule has 0 bridgehead atoms. The summed E-state index contributed by atoms with van der Waals surface area (Å²) < 4.78 is 7.57. The van der Waals surface area contributed by atoms with Crippen LogP contribution in [0.15, 0.2) is 36.8 Å². The summed E-state index contributed by atoms with van der Waals surface area (Å²) >= 11 is 0. The van der Waals surface area contributed by atoms with Crippen LogP contribution in [0.2, 0.25) is 0 Å². The Bertz CT molecular complexity index is 1340. The number of hydrogen-bond donors (Lipinski definition) is 0. The van der Waals surface area contributed by atoms with Crippen LogP contribution in [0.1, 0.15) is 52.0 Å². The Labute approximate surface area is 243 Å². The van der Waals surface area contributed by atoms with Crippen LogP contribution < -0.4 is 9.64 Å². The summed E-state index contributed by atoms with van der Waals surface area (Å²) in [6, 6.07) is 8.90. The maximum atomic E-state index is 13.4. The van der Waals surface area contributed by atoms with Crippen LogP contribution in [0.5, 0.6) is 5.75 Å². The average molecular weight is 561 g/mol. The summed E-state index contributed by atoms with van der Waals surface area (Å²) in [6.45, 7) is 15.0. The Balaban J connectivity index is 1.04. The van der Waals surface area contributed by atoms with Gasteiger partial charge in [-0.25, -0.2) is 19.4 Å². The molecule has 5 heterocycles. The quantitative estimate of drug-likeness (QED) is 0.449. The number of nitrogens with zero attached hydrogens (tertiary/aromatic N) is 8. The lowest BCUT2D eigenvalue weighted by molar-refractivity contribution is 0.0458. The van der Waals surface area contributed by atoms with Gasteiger partial charge in [-0.15, -0.1) is 0 Å². The molecule has 10 heteroatoms. The van der Waals surface area contributed by atoms with Crippen molar-refractivity contribution in [2.45, 2.75) is 59.0 Å². The number of piperidine rings is 2. The van der Waals surface area contributed by atoms with Crippen LogP contribution in [0.3, 0.4) is 0 Å². The van der Waals surface area contributed by atoms with Gasteiger partial charge in [0.25, 0.3) is 0 Å². The molecule has 10 nitrogen and oxygen atoms in total. The van der Waals surface area contributed by atoms with Gasteiger partial charge in [0.05, 0.1) is 24.7 Å². The molecule has 2 aromatic heterocycles. The highest BCUT2D eigenvalue weighted by molar-refractivity contribution is 5.87. The van der Waals surface area contributed by atoms with E-state index < -0.39 is 0 Å². The smallest absolute Gasteiger partial charge is 0.320 e. The molecule has 2 amide bonds. The average Bonchev–Trinajstić information content (AvgIpc) is 3.39. The lowest BCUT2D eigenvalue weighted by atomic mass is 9.83. The Kier molecular flexibility index (Phi) is 8.01. The van der Waals surface area contributed by atoms with Crippen molar-refractivity contribution in [1.82, 2.24) is 34.4 Å². The van der Waals surface area contributed by atoms with E-state index in [2.05, 4.69) is 49.7 Å². The van der Waals surface area contributed by atoms with Crippen molar-refractivity contribution in [3.8, 4) is 5.75 Å². The number of ether oxygens (including phenoxy) is 1. The van der Waals surface area contributed by atoms with Crippen molar-refractivity contribution in [2.24, 2.45) is 5.41 Å². The topological polar surface area (TPSA) is 82.9 Å². The molecule has 0 spiro atoms. The summed E-state index contributed by atoms with van der Waals surface area (Å²) in [5.74, 6) is 1.75. The number of piperazine rings is 1. The van der Waals surface area contributed by atoms with Crippen molar-refractivity contribution in [3.63, 3.8) is 0 Å². The summed E-state index contributed by atoms with van der Waals surface area (Å²) in [4.78, 5) is 31.7. The van der Waals surface area contributed by atoms with Crippen molar-refractivity contribution in [1.29, 1.82) is 0 Å². The fraction of sp³-hybridized carbons (Fsp3) is 0.613. The summed E-state index contributed by atoms with van der Waals surface area (Å²) in [5.41, 5.74) is 2.33. The molecule has 0 atom stereocenters. The summed E-state index contributed by atoms with van der Waals surface area (Å²) in [5, 5.41) is 5.59. The molecule has 0 aliphatic carbocycles. The van der Waals surface area contributed by atoms with E-state index in [0.717, 1.165) is 67.2 Å². The van der Waals surface area contributed by atoms with E-state index in [-0.39, 0.29) is 6.03 Å². The van der Waals surface area contributed by atoms with Crippen LogP contribution >= 0.6 is 0 Å². The highest BCUT2D eigenvalue weighted by Gasteiger charge is 2.34. The van der Waals surface area contributed by atoms with E-state index in [1.807, 2.05) is 40.9 Å². The first kappa shape index (κ1) is 27.8. The van der Waals surface area contributed by atoms with Crippen molar-refractivity contribution >= 4 is 22.9 Å². The number of aromatic nitrogens is 4. The minimum Gasteiger partial charge on any atom is -0.494 e. The molecular weight excluding hydrogens is 516 g/mol. The third kappa shape index (κ3) is 6.12. The number of carbonyl (C=O) groups is 1. The molecule has 3 aromatic rings. The van der Waals surface area contributed by atoms with E-state index in [0.29, 0.717) is 37.7 Å². The lowest BCUT2D eigenvalue weighted by Gasteiger charge is -2.46. The first-order valence-electron chi connectivity index (χ1n) is 15.3. The molecule has 0 saturated carbocycles. The van der Waals surface area contributed by atoms with Gasteiger partial charge in [0, 0.05) is 51.9 Å². The van der Waals surface area contributed by atoms with Gasteiger partial charge >= 0.3 is 6.03 Å². The highest BCUT2D eigenvalue weighted by Crippen LogP contribution is 2.32. The normalized spacial score (nSPS) is 20.5. The predicted molar refractivity (Wildman–Crippen MR) is 160 cm³/mol. The van der Waals surface area contributed by atoms with Crippen molar-refractivity contribution < 1.29 is 9.53 Å². The third-order valence-corrected chi connectivity index (χ3v) is 8.99. The van der Waals surface area contributed by atoms with Crippen LogP contribution in [0, 0.1) is 5.41 Å². The largest absolute Gasteiger partial charge is 0.494 e. The number of amides is 2. The predicted octanol–water partition coefficient (Wildman–Crippen LogP) is 4.10. The standard InChI is InChI=1S/C31H44N8O2/c1-4-41-26-8-5-7-24(19-26)21-39-29-27(20-34-39)28(32-23-33-29)35-15-17-37(18-16-35)30(40)36-13-9-25(10-14-36)38-12-6-11-31(2,3)22-38/h5,7-8,19-20,23,25H,4,6,9-18,21-22H2,1-3H3. The van der Waals surface area contributed by atoms with E-state index in [1.165, 1.54) is 25.9 Å². The molecule has 220 valence electrons. The van der Waals surface area contributed by atoms with Gasteiger partial charge in [0.1, 0.15) is 17.9 Å². The number of urea groups is 1. The zero-order valence-electron chi connectivity index (χ0n) is 24.8. The van der Waals surface area contributed by atoms with Crippen LogP contribution in [-0.2, 0) is 6.54 Å². The number of benzene rings is 1. The number of carbonyl (C=O) groups excluding carboxylic acids is 1. The fourth-order valence-electron chi connectivity index (χ4n) is 6.83. The molecule has 0 unspecified atom stereocenters. The zero-order chi connectivity index (χ0) is 28.4. The minimum absolute atomic E-state index is 0.192. The maximum absolute atomic E-state index is 13.4. The van der Waals surface area contributed by atoms with E-state index >= 15 is 0 Å². The van der Waals surface area contributed by atoms with E-state index in [4.69, 9.17) is 4.74 Å². The molecule has 3 aliphatic rings. The molecule has 0 radical (unpaired) electrons. The first-order valence-corrected chi connectivity index (χ1v) is 15.3. The maximum Gasteiger partial charge on any atom is 0.320 e. The third-order valence-electron chi connectivity index (χ3n) is 8.99. The minimum atomic E-state index is 0.192. The van der Waals surface area contributed by atoms with Crippen molar-refractivity contribution in [3.05, 3.63) is 42.4 Å². The Hall–Kier alpha value is -3.40. The molecule has 3 fully saturated rings. The second kappa shape index (κ2) is 11.8. The SMILES string of the molecule is CCOc1cccc(Cn2ncc3c(N4CCN(C(=O)N5CCC(N6CCCC(C)(C)C6)CC5)CC4)ncnc32)c1. The van der Waals surface area contributed by atoms with Crippen LogP contribution in [0.25, 0.3) is 11.0 Å². The highest BCUT2D eigenvalue weighted by atomic mass is 16.5. The Morgan fingerprint density at radius 1 is 1.02 bits per heavy atom. The van der Waals surface area contributed by atoms with Gasteiger partial charge in [0.15, 0.2) is 5.65 Å². The van der Waals surface area contributed by atoms with Gasteiger partial charge in [-0.1, -0.05) is 26.0 Å². The Morgan fingerprint density at radius 2 is 1.80 bits per heavy atom. The van der Waals surface area contributed by atoms with Gasteiger partial charge < -0.3 is 19.4 Å². The summed E-state index contributed by atoms with van der Waals surface area (Å²) in [6.07, 6.45) is 8.26. The second-order valence-electron chi connectivity index (χ2n) is 12.5. The summed E-state index contributed by atoms with van der Waals surface area (Å²) in [7, 11) is 0. The van der Waals surface area contributed by atoms with Crippen LogP contribution in [0.4, 0.5) is 10.6 Å². The van der Waals surface area contributed by atoms with E-state index in [1.54, 1.807) is 6.33 Å². The second-order valence-corrected chi connectivity index (χ2v) is 12.5. The molecule has 1 aromatic carbocycles. The van der Waals surface area contributed by atoms with Gasteiger partial charge in [-0.2, -0.15) is 5.10 Å². The number of rotatable bonds is 6.